The first kappa shape index (κ1) is 25.1. The molecule has 2 N–H and O–H groups in total. The van der Waals surface area contributed by atoms with Crippen LogP contribution in [-0.2, 0) is 16.1 Å². The predicted octanol–water partition coefficient (Wildman–Crippen LogP) is 2.46. The molecule has 9 nitrogen and oxygen atoms in total. The van der Waals surface area contributed by atoms with Crippen molar-refractivity contribution < 1.29 is 24.5 Å². The summed E-state index contributed by atoms with van der Waals surface area (Å²) in [5, 5.41) is 15.4. The highest BCUT2D eigenvalue weighted by Gasteiger charge is 2.07. The maximum Gasteiger partial charge on any atom is 0.414 e. The van der Waals surface area contributed by atoms with Gasteiger partial charge in [-0.3, -0.25) is 9.36 Å². The van der Waals surface area contributed by atoms with Crippen LogP contribution in [0, 0.1) is 0 Å². The van der Waals surface area contributed by atoms with E-state index in [1.165, 1.54) is 0 Å². The van der Waals surface area contributed by atoms with Gasteiger partial charge in [0.1, 0.15) is 5.75 Å². The number of aryl methyl sites for hydroxylation is 1. The van der Waals surface area contributed by atoms with Crippen LogP contribution in [0.1, 0.15) is 40.0 Å². The molecule has 0 fully saturated rings. The van der Waals surface area contributed by atoms with Gasteiger partial charge in [-0.2, -0.15) is 0 Å². The van der Waals surface area contributed by atoms with Crippen LogP contribution in [-0.4, -0.2) is 62.8 Å². The molecule has 0 saturated carbocycles. The topological polar surface area (TPSA) is 122 Å². The Kier molecular flexibility index (Phi) is 11.1. The van der Waals surface area contributed by atoms with Crippen LogP contribution in [0.15, 0.2) is 29.3 Å². The molecule has 2 aromatic rings. The van der Waals surface area contributed by atoms with Gasteiger partial charge in [-0.15, -0.1) is 0 Å². The molecule has 9 heteroatoms. The molecule has 0 aliphatic carbocycles. The molecular formula is C21H31N3O6. The maximum atomic E-state index is 12.6. The lowest BCUT2D eigenvalue weighted by atomic mass is 10.2. The van der Waals surface area contributed by atoms with Gasteiger partial charge in [0, 0.05) is 12.6 Å². The van der Waals surface area contributed by atoms with E-state index in [4.69, 9.17) is 24.5 Å². The summed E-state index contributed by atoms with van der Waals surface area (Å²) >= 11 is 0. The van der Waals surface area contributed by atoms with E-state index in [0.29, 0.717) is 24.1 Å². The van der Waals surface area contributed by atoms with E-state index in [0.717, 1.165) is 44.6 Å². The third kappa shape index (κ3) is 8.20. The Morgan fingerprint density at radius 2 is 1.77 bits per heavy atom. The Morgan fingerprint density at radius 1 is 1.10 bits per heavy atom. The van der Waals surface area contributed by atoms with Crippen LogP contribution in [0.2, 0.25) is 0 Å². The summed E-state index contributed by atoms with van der Waals surface area (Å²) in [4.78, 5) is 37.6. The average molecular weight is 421 g/mol. The molecule has 0 unspecified atom stereocenters. The van der Waals surface area contributed by atoms with Gasteiger partial charge in [0.25, 0.3) is 5.56 Å². The summed E-state index contributed by atoms with van der Waals surface area (Å²) in [6.07, 6.45) is 4.74. The number of hydrogen-bond donors (Lipinski definition) is 2. The lowest BCUT2D eigenvalue weighted by Crippen LogP contribution is -2.27. The zero-order chi connectivity index (χ0) is 22.5. The highest BCUT2D eigenvalue weighted by Crippen LogP contribution is 2.17. The first-order chi connectivity index (χ1) is 14.3. The van der Waals surface area contributed by atoms with E-state index >= 15 is 0 Å². The summed E-state index contributed by atoms with van der Waals surface area (Å²) in [6.45, 7) is 10.9. The lowest BCUT2D eigenvalue weighted by molar-refractivity contribution is -0.159. The van der Waals surface area contributed by atoms with Crippen molar-refractivity contribution in [1.29, 1.82) is 0 Å². The molecule has 30 heavy (non-hydrogen) atoms. The molecule has 1 aromatic heterocycles. The number of benzene rings is 1. The minimum absolute atomic E-state index is 0.0275. The molecule has 0 spiro atoms. The second kappa shape index (κ2) is 13.3. The molecule has 0 radical (unpaired) electrons. The normalized spacial score (nSPS) is 10.5. The fourth-order valence-electron chi connectivity index (χ4n) is 2.73. The third-order valence-corrected chi connectivity index (χ3v) is 4.51. The minimum atomic E-state index is -1.82. The number of carboxylic acids is 2. The van der Waals surface area contributed by atoms with Crippen LogP contribution in [0.5, 0.6) is 5.75 Å². The summed E-state index contributed by atoms with van der Waals surface area (Å²) < 4.78 is 7.40. The van der Waals surface area contributed by atoms with E-state index in [-0.39, 0.29) is 5.56 Å². The highest BCUT2D eigenvalue weighted by molar-refractivity contribution is 6.27. The zero-order valence-corrected chi connectivity index (χ0v) is 17.8. The Balaban J connectivity index is 0.000000656. The van der Waals surface area contributed by atoms with Crippen LogP contribution in [0.4, 0.5) is 0 Å². The first-order valence-electron chi connectivity index (χ1n) is 10.1. The second-order valence-electron chi connectivity index (χ2n) is 6.61. The Hall–Kier alpha value is -2.94. The van der Waals surface area contributed by atoms with Crippen molar-refractivity contribution in [3.63, 3.8) is 0 Å². The van der Waals surface area contributed by atoms with Crippen LogP contribution in [0.25, 0.3) is 10.9 Å². The molecule has 0 amide bonds. The van der Waals surface area contributed by atoms with Gasteiger partial charge in [-0.25, -0.2) is 14.6 Å². The van der Waals surface area contributed by atoms with E-state index in [1.807, 2.05) is 18.2 Å². The second-order valence-corrected chi connectivity index (χ2v) is 6.61. The molecule has 1 heterocycles. The maximum absolute atomic E-state index is 12.6. The van der Waals surface area contributed by atoms with Crippen molar-refractivity contribution in [3.8, 4) is 5.75 Å². The van der Waals surface area contributed by atoms with E-state index in [2.05, 4.69) is 30.7 Å². The molecule has 166 valence electrons. The molecule has 2 rings (SSSR count). The van der Waals surface area contributed by atoms with Gasteiger partial charge in [0.05, 0.1) is 23.8 Å². The Labute approximate surface area is 175 Å². The lowest BCUT2D eigenvalue weighted by Gasteiger charge is -2.17. The van der Waals surface area contributed by atoms with Gasteiger partial charge in [0.15, 0.2) is 0 Å². The monoisotopic (exact) mass is 421 g/mol. The van der Waals surface area contributed by atoms with E-state index in [1.54, 1.807) is 10.9 Å². The van der Waals surface area contributed by atoms with E-state index < -0.39 is 11.9 Å². The molecule has 0 aliphatic heterocycles. The molecular weight excluding hydrogens is 390 g/mol. The standard InChI is InChI=1S/C19H29N3O2.C2H2O4/c1-4-7-13-24-16-9-10-17-18(14-16)20-15-22(19(17)23)12-8-11-21(5-2)6-3;3-1(4)2(5)6/h9-10,14-15H,4-8,11-13H2,1-3H3;(H,3,4)(H,5,6). The molecule has 0 bridgehead atoms. The minimum Gasteiger partial charge on any atom is -0.494 e. The fraction of sp³-hybridized carbons (Fsp3) is 0.524. The van der Waals surface area contributed by atoms with Crippen LogP contribution < -0.4 is 10.3 Å². The molecule has 0 aliphatic rings. The predicted molar refractivity (Wildman–Crippen MR) is 114 cm³/mol. The van der Waals surface area contributed by atoms with Gasteiger partial charge >= 0.3 is 11.9 Å². The number of carboxylic acid groups (broad SMARTS) is 2. The SMILES string of the molecule is CCCCOc1ccc2c(=O)n(CCCN(CC)CC)cnc2c1.O=C(O)C(=O)O. The molecule has 0 saturated heterocycles. The molecule has 0 atom stereocenters. The van der Waals surface area contributed by atoms with Gasteiger partial charge < -0.3 is 19.8 Å². The summed E-state index contributed by atoms with van der Waals surface area (Å²) in [5.41, 5.74) is 0.730. The summed E-state index contributed by atoms with van der Waals surface area (Å²) in [7, 11) is 0. The first-order valence-corrected chi connectivity index (χ1v) is 10.1. The number of hydrogen-bond acceptors (Lipinski definition) is 6. The number of aromatic nitrogens is 2. The molecule has 1 aromatic carbocycles. The largest absolute Gasteiger partial charge is 0.494 e. The number of ether oxygens (including phenoxy) is 1. The van der Waals surface area contributed by atoms with E-state index in [9.17, 15) is 4.79 Å². The zero-order valence-electron chi connectivity index (χ0n) is 17.8. The van der Waals surface area contributed by atoms with Gasteiger partial charge in [-0.05, 0) is 44.6 Å². The highest BCUT2D eigenvalue weighted by atomic mass is 16.5. The Morgan fingerprint density at radius 3 is 2.33 bits per heavy atom. The van der Waals surface area contributed by atoms with Crippen LogP contribution >= 0.6 is 0 Å². The van der Waals surface area contributed by atoms with Crippen molar-refractivity contribution in [2.75, 3.05) is 26.2 Å². The summed E-state index contributed by atoms with van der Waals surface area (Å²) in [6, 6.07) is 5.54. The number of nitrogens with zero attached hydrogens (tertiary/aromatic N) is 3. The Bertz CT molecular complexity index is 865. The van der Waals surface area contributed by atoms with Crippen molar-refractivity contribution in [1.82, 2.24) is 14.5 Å². The number of carbonyl (C=O) groups is 2. The summed E-state index contributed by atoms with van der Waals surface area (Å²) in [5.74, 6) is -2.87. The number of fused-ring (bicyclic) bond motifs is 1. The number of unbranched alkanes of at least 4 members (excludes halogenated alkanes) is 1. The smallest absolute Gasteiger partial charge is 0.414 e. The van der Waals surface area contributed by atoms with Crippen molar-refractivity contribution in [3.05, 3.63) is 34.9 Å². The number of aliphatic carboxylic acids is 2. The average Bonchev–Trinajstić information content (AvgIpc) is 2.73. The van der Waals surface area contributed by atoms with Crippen molar-refractivity contribution in [2.24, 2.45) is 0 Å². The van der Waals surface area contributed by atoms with Crippen molar-refractivity contribution in [2.45, 2.75) is 46.6 Å². The fourth-order valence-corrected chi connectivity index (χ4v) is 2.73. The van der Waals surface area contributed by atoms with Crippen LogP contribution in [0.3, 0.4) is 0 Å². The quantitative estimate of drug-likeness (QED) is 0.443. The third-order valence-electron chi connectivity index (χ3n) is 4.51. The van der Waals surface area contributed by atoms with Gasteiger partial charge in [-0.1, -0.05) is 27.2 Å². The van der Waals surface area contributed by atoms with Gasteiger partial charge in [0.2, 0.25) is 0 Å². The number of rotatable bonds is 10. The van der Waals surface area contributed by atoms with Crippen molar-refractivity contribution >= 4 is 22.8 Å².